The first kappa shape index (κ1) is 15.0. The topological polar surface area (TPSA) is 42.9 Å². The van der Waals surface area contributed by atoms with Crippen LogP contribution in [0.15, 0.2) is 67.0 Å². The SMILES string of the molecule is O=C(c1ccccc1Cl)c1sc2nccnc2c1-c1ccccc1. The van der Waals surface area contributed by atoms with Crippen molar-refractivity contribution < 1.29 is 4.79 Å². The molecule has 0 aliphatic heterocycles. The summed E-state index contributed by atoms with van der Waals surface area (Å²) in [5, 5.41) is 0.444. The summed E-state index contributed by atoms with van der Waals surface area (Å²) in [6.07, 6.45) is 3.28. The second-order valence-corrected chi connectivity index (χ2v) is 6.60. The lowest BCUT2D eigenvalue weighted by Gasteiger charge is -2.05. The molecule has 0 N–H and O–H groups in total. The van der Waals surface area contributed by atoms with Gasteiger partial charge in [0.15, 0.2) is 0 Å². The van der Waals surface area contributed by atoms with E-state index < -0.39 is 0 Å². The molecule has 0 amide bonds. The molecule has 24 heavy (non-hydrogen) atoms. The van der Waals surface area contributed by atoms with Crippen molar-refractivity contribution in [3.8, 4) is 11.1 Å². The molecule has 4 aromatic rings. The quantitative estimate of drug-likeness (QED) is 0.474. The molecule has 5 heteroatoms. The Morgan fingerprint density at radius 3 is 2.42 bits per heavy atom. The van der Waals surface area contributed by atoms with Gasteiger partial charge in [-0.3, -0.25) is 9.78 Å². The minimum atomic E-state index is -0.107. The third-order valence-electron chi connectivity index (χ3n) is 3.71. The molecule has 0 radical (unpaired) electrons. The van der Waals surface area contributed by atoms with Crippen LogP contribution in [0.4, 0.5) is 0 Å². The van der Waals surface area contributed by atoms with Gasteiger partial charge in [0.25, 0.3) is 0 Å². The van der Waals surface area contributed by atoms with E-state index in [-0.39, 0.29) is 5.78 Å². The molecule has 2 aromatic heterocycles. The maximum absolute atomic E-state index is 13.1. The van der Waals surface area contributed by atoms with E-state index in [4.69, 9.17) is 11.6 Å². The summed E-state index contributed by atoms with van der Waals surface area (Å²) in [6.45, 7) is 0. The number of hydrogen-bond acceptors (Lipinski definition) is 4. The summed E-state index contributed by atoms with van der Waals surface area (Å²) in [5.41, 5.74) is 2.99. The summed E-state index contributed by atoms with van der Waals surface area (Å²) < 4.78 is 0. The average Bonchev–Trinajstić information content (AvgIpc) is 3.02. The molecule has 2 aromatic carbocycles. The maximum Gasteiger partial charge on any atom is 0.205 e. The van der Waals surface area contributed by atoms with E-state index in [1.165, 1.54) is 11.3 Å². The van der Waals surface area contributed by atoms with Gasteiger partial charge in [-0.05, 0) is 17.7 Å². The van der Waals surface area contributed by atoms with Gasteiger partial charge < -0.3 is 0 Å². The van der Waals surface area contributed by atoms with Crippen molar-refractivity contribution in [1.29, 1.82) is 0 Å². The number of carbonyl (C=O) groups is 1. The Balaban J connectivity index is 1.99. The number of halogens is 1. The normalized spacial score (nSPS) is 10.9. The summed E-state index contributed by atoms with van der Waals surface area (Å²) in [7, 11) is 0. The van der Waals surface area contributed by atoms with Gasteiger partial charge in [0, 0.05) is 23.5 Å². The summed E-state index contributed by atoms with van der Waals surface area (Å²) in [4.78, 5) is 23.2. The second kappa shape index (κ2) is 6.15. The molecule has 0 aliphatic carbocycles. The molecule has 3 nitrogen and oxygen atoms in total. The van der Waals surface area contributed by atoms with E-state index in [0.717, 1.165) is 21.5 Å². The molecule has 0 aliphatic rings. The van der Waals surface area contributed by atoms with Crippen LogP contribution in [0.25, 0.3) is 21.5 Å². The number of benzene rings is 2. The van der Waals surface area contributed by atoms with Gasteiger partial charge in [-0.15, -0.1) is 11.3 Å². The Morgan fingerprint density at radius 2 is 1.62 bits per heavy atom. The largest absolute Gasteiger partial charge is 0.288 e. The third-order valence-corrected chi connectivity index (χ3v) is 5.13. The lowest BCUT2D eigenvalue weighted by atomic mass is 10.0. The molecule has 0 unspecified atom stereocenters. The lowest BCUT2D eigenvalue weighted by molar-refractivity contribution is 0.104. The molecule has 116 valence electrons. The fourth-order valence-corrected chi connectivity index (χ4v) is 3.93. The lowest BCUT2D eigenvalue weighted by Crippen LogP contribution is -2.01. The average molecular weight is 351 g/mol. The Kier molecular flexibility index (Phi) is 3.84. The highest BCUT2D eigenvalue weighted by atomic mass is 35.5. The Bertz CT molecular complexity index is 1040. The Hall–Kier alpha value is -2.56. The number of aromatic nitrogens is 2. The van der Waals surface area contributed by atoms with Crippen LogP contribution in [0.1, 0.15) is 15.2 Å². The van der Waals surface area contributed by atoms with Gasteiger partial charge in [-0.1, -0.05) is 54.1 Å². The Morgan fingerprint density at radius 1 is 0.917 bits per heavy atom. The van der Waals surface area contributed by atoms with Crippen LogP contribution >= 0.6 is 22.9 Å². The predicted octanol–water partition coefficient (Wildman–Crippen LogP) is 5.24. The number of rotatable bonds is 3. The van der Waals surface area contributed by atoms with Crippen LogP contribution in [-0.4, -0.2) is 15.8 Å². The molecular formula is C19H11ClN2OS. The van der Waals surface area contributed by atoms with E-state index in [1.54, 1.807) is 24.5 Å². The summed E-state index contributed by atoms with van der Waals surface area (Å²) in [5.74, 6) is -0.107. The number of carbonyl (C=O) groups excluding carboxylic acids is 1. The van der Waals surface area contributed by atoms with Crippen molar-refractivity contribution in [1.82, 2.24) is 9.97 Å². The zero-order valence-corrected chi connectivity index (χ0v) is 14.0. The molecule has 4 rings (SSSR count). The highest BCUT2D eigenvalue weighted by Crippen LogP contribution is 2.38. The van der Waals surface area contributed by atoms with Gasteiger partial charge in [-0.2, -0.15) is 0 Å². The van der Waals surface area contributed by atoms with Crippen LogP contribution in [0, 0.1) is 0 Å². The monoisotopic (exact) mass is 350 g/mol. The highest BCUT2D eigenvalue weighted by molar-refractivity contribution is 7.21. The van der Waals surface area contributed by atoms with Crippen molar-refractivity contribution in [2.75, 3.05) is 0 Å². The smallest absolute Gasteiger partial charge is 0.205 e. The number of nitrogens with zero attached hydrogens (tertiary/aromatic N) is 2. The minimum absolute atomic E-state index is 0.107. The van der Waals surface area contributed by atoms with Crippen molar-refractivity contribution in [3.63, 3.8) is 0 Å². The Labute approximate surface area is 147 Å². The molecule has 0 fully saturated rings. The van der Waals surface area contributed by atoms with Crippen molar-refractivity contribution >= 4 is 39.1 Å². The van der Waals surface area contributed by atoms with Crippen LogP contribution in [0.2, 0.25) is 5.02 Å². The summed E-state index contributed by atoms with van der Waals surface area (Å²) in [6, 6.07) is 16.9. The first-order valence-corrected chi connectivity index (χ1v) is 8.53. The van der Waals surface area contributed by atoms with Crippen molar-refractivity contribution in [2.24, 2.45) is 0 Å². The third kappa shape index (κ3) is 2.50. The molecule has 0 spiro atoms. The van der Waals surface area contributed by atoms with Gasteiger partial charge >= 0.3 is 0 Å². The number of thiophene rings is 1. The van der Waals surface area contributed by atoms with Gasteiger partial charge in [0.1, 0.15) is 10.3 Å². The molecule has 0 atom stereocenters. The van der Waals surface area contributed by atoms with Crippen molar-refractivity contribution in [3.05, 3.63) is 82.5 Å². The van der Waals surface area contributed by atoms with Crippen molar-refractivity contribution in [2.45, 2.75) is 0 Å². The molecule has 2 heterocycles. The zero-order valence-electron chi connectivity index (χ0n) is 12.4. The zero-order chi connectivity index (χ0) is 16.5. The van der Waals surface area contributed by atoms with Crippen LogP contribution < -0.4 is 0 Å². The number of ketones is 1. The fourth-order valence-electron chi connectivity index (χ4n) is 2.63. The number of hydrogen-bond donors (Lipinski definition) is 0. The fraction of sp³-hybridized carbons (Fsp3) is 0. The highest BCUT2D eigenvalue weighted by Gasteiger charge is 2.23. The molecular weight excluding hydrogens is 340 g/mol. The first-order valence-electron chi connectivity index (χ1n) is 7.34. The van der Waals surface area contributed by atoms with Gasteiger partial charge in [-0.25, -0.2) is 4.98 Å². The van der Waals surface area contributed by atoms with Crippen LogP contribution in [0.3, 0.4) is 0 Å². The van der Waals surface area contributed by atoms with E-state index in [0.29, 0.717) is 15.5 Å². The molecule has 0 saturated heterocycles. The minimum Gasteiger partial charge on any atom is -0.288 e. The van der Waals surface area contributed by atoms with Crippen LogP contribution in [0.5, 0.6) is 0 Å². The molecule has 0 saturated carbocycles. The van der Waals surface area contributed by atoms with E-state index >= 15 is 0 Å². The maximum atomic E-state index is 13.1. The van der Waals surface area contributed by atoms with Gasteiger partial charge in [0.05, 0.1) is 9.90 Å². The first-order chi connectivity index (χ1) is 11.8. The van der Waals surface area contributed by atoms with E-state index in [1.807, 2.05) is 42.5 Å². The van der Waals surface area contributed by atoms with E-state index in [9.17, 15) is 4.79 Å². The predicted molar refractivity (Wildman–Crippen MR) is 97.7 cm³/mol. The van der Waals surface area contributed by atoms with E-state index in [2.05, 4.69) is 9.97 Å². The van der Waals surface area contributed by atoms with Crippen LogP contribution in [-0.2, 0) is 0 Å². The number of fused-ring (bicyclic) bond motifs is 1. The summed E-state index contributed by atoms with van der Waals surface area (Å²) >= 11 is 7.57. The second-order valence-electron chi connectivity index (χ2n) is 5.19. The van der Waals surface area contributed by atoms with Gasteiger partial charge in [0.2, 0.25) is 5.78 Å². The molecule has 0 bridgehead atoms. The standard InChI is InChI=1S/C19H11ClN2OS/c20-14-9-5-4-8-13(14)17(23)18-15(12-6-2-1-3-7-12)16-19(24-18)22-11-10-21-16/h1-11H.